The van der Waals surface area contributed by atoms with Crippen molar-refractivity contribution < 1.29 is 24.0 Å². The molecule has 1 saturated heterocycles. The van der Waals surface area contributed by atoms with Gasteiger partial charge in [-0.3, -0.25) is 14.4 Å². The molecule has 4 rings (SSSR count). The number of ether oxygens (including phenoxy) is 1. The summed E-state index contributed by atoms with van der Waals surface area (Å²) in [5.41, 5.74) is 1.61. The van der Waals surface area contributed by atoms with Gasteiger partial charge >= 0.3 is 6.16 Å². The van der Waals surface area contributed by atoms with Crippen LogP contribution >= 0.6 is 0 Å². The summed E-state index contributed by atoms with van der Waals surface area (Å²) in [5.74, 6) is 1.49. The zero-order chi connectivity index (χ0) is 15.3. The lowest BCUT2D eigenvalue weighted by Gasteiger charge is -2.12. The lowest BCUT2D eigenvalue weighted by Crippen LogP contribution is -2.32. The highest BCUT2D eigenvalue weighted by Crippen LogP contribution is 2.57. The van der Waals surface area contributed by atoms with Crippen LogP contribution in [0.2, 0.25) is 0 Å². The third-order valence-electron chi connectivity index (χ3n) is 5.43. The number of nitrogens with zero attached hydrogens (tertiary/aromatic N) is 1. The van der Waals surface area contributed by atoms with Gasteiger partial charge in [0.1, 0.15) is 0 Å². The van der Waals surface area contributed by atoms with Gasteiger partial charge in [0.2, 0.25) is 0 Å². The van der Waals surface area contributed by atoms with Gasteiger partial charge in [0, 0.05) is 12.8 Å². The average molecular weight is 305 g/mol. The molecular formula is C16H19NO5. The second-order valence-corrected chi connectivity index (χ2v) is 6.69. The number of carbonyl (C=O) groups excluding carboxylic acids is 3. The average Bonchev–Trinajstić information content (AvgIpc) is 3.34. The zero-order valence-electron chi connectivity index (χ0n) is 12.3. The molecule has 4 atom stereocenters. The summed E-state index contributed by atoms with van der Waals surface area (Å²) >= 11 is 0. The summed E-state index contributed by atoms with van der Waals surface area (Å²) in [6, 6.07) is 0. The van der Waals surface area contributed by atoms with Crippen LogP contribution < -0.4 is 0 Å². The molecule has 118 valence electrons. The molecule has 3 fully saturated rings. The van der Waals surface area contributed by atoms with E-state index in [9.17, 15) is 14.4 Å². The molecule has 2 saturated carbocycles. The van der Waals surface area contributed by atoms with Crippen molar-refractivity contribution >= 4 is 18.0 Å². The maximum Gasteiger partial charge on any atom is 0.533 e. The van der Waals surface area contributed by atoms with Crippen LogP contribution in [0, 0.1) is 23.7 Å². The largest absolute Gasteiger partial charge is 0.533 e. The van der Waals surface area contributed by atoms with Gasteiger partial charge in [-0.1, -0.05) is 16.7 Å². The van der Waals surface area contributed by atoms with Crippen LogP contribution in [0.1, 0.15) is 38.5 Å². The Labute approximate surface area is 128 Å². The second kappa shape index (κ2) is 5.11. The van der Waals surface area contributed by atoms with E-state index in [1.807, 2.05) is 0 Å². The van der Waals surface area contributed by atoms with Crippen molar-refractivity contribution in [1.29, 1.82) is 0 Å². The Bertz CT molecular complexity index is 553. The van der Waals surface area contributed by atoms with Crippen LogP contribution in [0.3, 0.4) is 0 Å². The highest BCUT2D eigenvalue weighted by atomic mass is 16.8. The van der Waals surface area contributed by atoms with Gasteiger partial charge in [0.25, 0.3) is 11.8 Å². The van der Waals surface area contributed by atoms with Crippen LogP contribution in [-0.2, 0) is 19.2 Å². The standard InChI is InChI=1S/C16H19NO5/c18-14-5-6-15(19)17(14)22-16(20)21-8-13-11-3-1-9-7-10(9)2-4-12(11)13/h7,9,11-13H,1-6,8H2/t9?,11-,12?,13?/m1/s1. The molecule has 0 aromatic heterocycles. The van der Waals surface area contributed by atoms with Crippen molar-refractivity contribution in [3.63, 3.8) is 0 Å². The monoisotopic (exact) mass is 305 g/mol. The van der Waals surface area contributed by atoms with Crippen molar-refractivity contribution in [2.45, 2.75) is 38.5 Å². The van der Waals surface area contributed by atoms with Crippen LogP contribution in [0.5, 0.6) is 0 Å². The minimum Gasteiger partial charge on any atom is -0.432 e. The molecule has 6 heteroatoms. The Kier molecular flexibility index (Phi) is 3.20. The summed E-state index contributed by atoms with van der Waals surface area (Å²) in [7, 11) is 0. The zero-order valence-corrected chi connectivity index (χ0v) is 12.3. The number of imide groups is 1. The smallest absolute Gasteiger partial charge is 0.432 e. The Balaban J connectivity index is 1.23. The molecule has 0 N–H and O–H groups in total. The first-order valence-corrected chi connectivity index (χ1v) is 8.04. The summed E-state index contributed by atoms with van der Waals surface area (Å²) in [6.07, 6.45) is 6.40. The fourth-order valence-corrected chi connectivity index (χ4v) is 4.00. The number of allylic oxidation sites excluding steroid dienone is 2. The van der Waals surface area contributed by atoms with Gasteiger partial charge in [-0.2, -0.15) is 0 Å². The van der Waals surface area contributed by atoms with Crippen molar-refractivity contribution in [2.24, 2.45) is 23.7 Å². The second-order valence-electron chi connectivity index (χ2n) is 6.69. The normalized spacial score (nSPS) is 35.8. The highest BCUT2D eigenvalue weighted by Gasteiger charge is 2.51. The van der Waals surface area contributed by atoms with Crippen LogP contribution in [-0.4, -0.2) is 29.6 Å². The molecular weight excluding hydrogens is 286 g/mol. The maximum absolute atomic E-state index is 11.6. The molecule has 1 heterocycles. The predicted molar refractivity (Wildman–Crippen MR) is 74.0 cm³/mol. The molecule has 0 spiro atoms. The quantitative estimate of drug-likeness (QED) is 0.454. The number of carbonyl (C=O) groups is 3. The van der Waals surface area contributed by atoms with Crippen LogP contribution in [0.4, 0.5) is 4.79 Å². The van der Waals surface area contributed by atoms with E-state index < -0.39 is 18.0 Å². The third kappa shape index (κ3) is 2.51. The highest BCUT2D eigenvalue weighted by molar-refractivity contribution is 6.01. The number of amides is 2. The molecule has 1 aliphatic heterocycles. The van der Waals surface area contributed by atoms with E-state index in [0.29, 0.717) is 29.4 Å². The minimum absolute atomic E-state index is 0.0932. The predicted octanol–water partition coefficient (Wildman–Crippen LogP) is 2.20. The topological polar surface area (TPSA) is 72.9 Å². The van der Waals surface area contributed by atoms with Gasteiger partial charge in [-0.15, -0.1) is 0 Å². The Morgan fingerprint density at radius 3 is 2.59 bits per heavy atom. The van der Waals surface area contributed by atoms with E-state index in [1.165, 1.54) is 25.7 Å². The Morgan fingerprint density at radius 2 is 1.82 bits per heavy atom. The SMILES string of the molecule is O=C(OCC1C2CCC3=CC3CC[C@H]21)ON1C(=O)CCC1=O. The van der Waals surface area contributed by atoms with Gasteiger partial charge < -0.3 is 4.74 Å². The lowest BCUT2D eigenvalue weighted by atomic mass is 10.0. The molecule has 6 nitrogen and oxygen atoms in total. The first-order valence-electron chi connectivity index (χ1n) is 8.04. The van der Waals surface area contributed by atoms with E-state index in [0.717, 1.165) is 5.92 Å². The molecule has 0 radical (unpaired) electrons. The first-order chi connectivity index (χ1) is 10.6. The third-order valence-corrected chi connectivity index (χ3v) is 5.43. The number of hydrogen-bond donors (Lipinski definition) is 0. The fourth-order valence-electron chi connectivity index (χ4n) is 4.00. The van der Waals surface area contributed by atoms with Gasteiger partial charge in [0.15, 0.2) is 0 Å². The van der Waals surface area contributed by atoms with Crippen molar-refractivity contribution in [3.05, 3.63) is 11.6 Å². The van der Waals surface area contributed by atoms with E-state index >= 15 is 0 Å². The molecule has 0 aromatic carbocycles. The summed E-state index contributed by atoms with van der Waals surface area (Å²) in [5, 5.41) is 0.526. The molecule has 0 aromatic rings. The van der Waals surface area contributed by atoms with Crippen molar-refractivity contribution in [2.75, 3.05) is 6.61 Å². The Morgan fingerprint density at radius 1 is 1.09 bits per heavy atom. The maximum atomic E-state index is 11.6. The number of hydroxylamine groups is 2. The summed E-state index contributed by atoms with van der Waals surface area (Å²) < 4.78 is 5.11. The van der Waals surface area contributed by atoms with Gasteiger partial charge in [-0.25, -0.2) is 4.79 Å². The molecule has 2 amide bonds. The molecule has 0 bridgehead atoms. The van der Waals surface area contributed by atoms with Crippen molar-refractivity contribution in [3.8, 4) is 0 Å². The van der Waals surface area contributed by atoms with Crippen LogP contribution in [0.15, 0.2) is 11.6 Å². The molecule has 22 heavy (non-hydrogen) atoms. The first kappa shape index (κ1) is 13.8. The number of hydrogen-bond acceptors (Lipinski definition) is 5. The summed E-state index contributed by atoms with van der Waals surface area (Å²) in [4.78, 5) is 39.0. The van der Waals surface area contributed by atoms with Crippen LogP contribution in [0.25, 0.3) is 0 Å². The summed E-state index contributed by atoms with van der Waals surface area (Å²) in [6.45, 7) is 0.327. The molecule has 3 aliphatic carbocycles. The number of fused-ring (bicyclic) bond motifs is 2. The van der Waals surface area contributed by atoms with Crippen molar-refractivity contribution in [1.82, 2.24) is 5.06 Å². The van der Waals surface area contributed by atoms with E-state index in [4.69, 9.17) is 9.57 Å². The van der Waals surface area contributed by atoms with Gasteiger partial charge in [-0.05, 0) is 49.4 Å². The molecule has 4 aliphatic rings. The Hall–Kier alpha value is -1.85. The number of rotatable bonds is 3. The van der Waals surface area contributed by atoms with E-state index in [1.54, 1.807) is 5.57 Å². The van der Waals surface area contributed by atoms with E-state index in [-0.39, 0.29) is 12.8 Å². The molecule has 3 unspecified atom stereocenters. The van der Waals surface area contributed by atoms with E-state index in [2.05, 4.69) is 6.08 Å². The fraction of sp³-hybridized carbons (Fsp3) is 0.688. The van der Waals surface area contributed by atoms with Gasteiger partial charge in [0.05, 0.1) is 6.61 Å². The lowest BCUT2D eigenvalue weighted by molar-refractivity contribution is -0.177. The minimum atomic E-state index is -0.951.